The molecular weight excluding hydrogens is 384 g/mol. The lowest BCUT2D eigenvalue weighted by molar-refractivity contribution is 0.0939. The van der Waals surface area contributed by atoms with Gasteiger partial charge in [0.2, 0.25) is 10.0 Å². The zero-order valence-corrected chi connectivity index (χ0v) is 17.0. The molecule has 0 bridgehead atoms. The molecule has 144 valence electrons. The molecule has 0 spiro atoms. The first-order valence-corrected chi connectivity index (χ1v) is 10.8. The Labute approximate surface area is 165 Å². The van der Waals surface area contributed by atoms with Crippen molar-refractivity contribution in [2.24, 2.45) is 0 Å². The number of halogens is 1. The third kappa shape index (κ3) is 4.34. The molecule has 0 aromatic heterocycles. The molecule has 0 fully saturated rings. The van der Waals surface area contributed by atoms with Crippen LogP contribution in [0.4, 0.5) is 0 Å². The van der Waals surface area contributed by atoms with Crippen LogP contribution in [-0.4, -0.2) is 21.4 Å². The third-order valence-corrected chi connectivity index (χ3v) is 6.87. The molecule has 1 atom stereocenters. The molecule has 0 heterocycles. The molecule has 0 aliphatic heterocycles. The molecule has 27 heavy (non-hydrogen) atoms. The highest BCUT2D eigenvalue weighted by Gasteiger charge is 2.20. The Hall–Kier alpha value is -1.89. The number of rotatable bonds is 5. The van der Waals surface area contributed by atoms with Gasteiger partial charge in [-0.25, -0.2) is 13.1 Å². The minimum atomic E-state index is -3.74. The Bertz CT molecular complexity index is 973. The van der Waals surface area contributed by atoms with Crippen molar-refractivity contribution in [2.45, 2.75) is 43.5 Å². The van der Waals surface area contributed by atoms with Crippen molar-refractivity contribution >= 4 is 27.5 Å². The summed E-state index contributed by atoms with van der Waals surface area (Å²) in [5, 5.41) is 3.01. The second-order valence-corrected chi connectivity index (χ2v) is 9.05. The summed E-state index contributed by atoms with van der Waals surface area (Å²) in [6, 6.07) is 10.4. The summed E-state index contributed by atoms with van der Waals surface area (Å²) in [6.07, 6.45) is 4.62. The normalized spacial score (nSPS) is 15.1. The Kier molecular flexibility index (Phi) is 5.89. The monoisotopic (exact) mass is 406 g/mol. The van der Waals surface area contributed by atoms with E-state index in [-0.39, 0.29) is 27.4 Å². The van der Waals surface area contributed by atoms with E-state index in [2.05, 4.69) is 22.2 Å². The number of carbonyl (C=O) groups is 1. The van der Waals surface area contributed by atoms with Crippen LogP contribution in [0.25, 0.3) is 0 Å². The van der Waals surface area contributed by atoms with Crippen LogP contribution in [0.15, 0.2) is 41.3 Å². The number of sulfonamides is 1. The van der Waals surface area contributed by atoms with E-state index >= 15 is 0 Å². The van der Waals surface area contributed by atoms with Crippen LogP contribution in [0.2, 0.25) is 5.02 Å². The maximum Gasteiger partial charge on any atom is 0.251 e. The molecule has 1 aliphatic rings. The summed E-state index contributed by atoms with van der Waals surface area (Å²) in [5.74, 6) is -0.343. The van der Waals surface area contributed by atoms with Crippen molar-refractivity contribution in [3.05, 3.63) is 63.7 Å². The van der Waals surface area contributed by atoms with Crippen LogP contribution in [0.3, 0.4) is 0 Å². The molecule has 0 saturated carbocycles. The van der Waals surface area contributed by atoms with Gasteiger partial charge in [0.1, 0.15) is 4.90 Å². The summed E-state index contributed by atoms with van der Waals surface area (Å²) in [5.41, 5.74) is 4.04. The van der Waals surface area contributed by atoms with E-state index in [4.69, 9.17) is 11.6 Å². The SMILES string of the molecule is CNS(=O)(=O)c1cc(C(=O)N[C@H](C)c2ccc3c(c2)CCCC3)ccc1Cl. The highest BCUT2D eigenvalue weighted by Crippen LogP contribution is 2.26. The number of benzene rings is 2. The van der Waals surface area contributed by atoms with Gasteiger partial charge in [-0.3, -0.25) is 4.79 Å². The lowest BCUT2D eigenvalue weighted by Gasteiger charge is -2.20. The fourth-order valence-corrected chi connectivity index (χ4v) is 4.60. The van der Waals surface area contributed by atoms with Crippen molar-refractivity contribution in [3.8, 4) is 0 Å². The second kappa shape index (κ2) is 8.00. The lowest BCUT2D eigenvalue weighted by atomic mass is 9.89. The first-order valence-electron chi connectivity index (χ1n) is 8.97. The first kappa shape index (κ1) is 19.9. The maximum absolute atomic E-state index is 12.6. The van der Waals surface area contributed by atoms with E-state index in [1.807, 2.05) is 13.0 Å². The van der Waals surface area contributed by atoms with Crippen LogP contribution in [-0.2, 0) is 22.9 Å². The zero-order valence-electron chi connectivity index (χ0n) is 15.4. The van der Waals surface area contributed by atoms with Crippen LogP contribution < -0.4 is 10.0 Å². The summed E-state index contributed by atoms with van der Waals surface area (Å²) in [4.78, 5) is 12.5. The van der Waals surface area contributed by atoms with Crippen molar-refractivity contribution in [3.63, 3.8) is 0 Å². The quantitative estimate of drug-likeness (QED) is 0.796. The van der Waals surface area contributed by atoms with Gasteiger partial charge < -0.3 is 5.32 Å². The Balaban J connectivity index is 1.80. The number of carbonyl (C=O) groups excluding carboxylic acids is 1. The van der Waals surface area contributed by atoms with Crippen LogP contribution in [0.5, 0.6) is 0 Å². The van der Waals surface area contributed by atoms with E-state index in [9.17, 15) is 13.2 Å². The first-order chi connectivity index (χ1) is 12.8. The Morgan fingerprint density at radius 1 is 1.07 bits per heavy atom. The van der Waals surface area contributed by atoms with Gasteiger partial charge >= 0.3 is 0 Å². The van der Waals surface area contributed by atoms with Crippen LogP contribution in [0.1, 0.15) is 52.9 Å². The molecular formula is C20H23ClN2O3S. The molecule has 7 heteroatoms. The van der Waals surface area contributed by atoms with Gasteiger partial charge in [-0.2, -0.15) is 0 Å². The maximum atomic E-state index is 12.6. The topological polar surface area (TPSA) is 75.3 Å². The minimum absolute atomic E-state index is 0.0728. The van der Waals surface area contributed by atoms with E-state index < -0.39 is 10.0 Å². The van der Waals surface area contributed by atoms with E-state index in [1.54, 1.807) is 0 Å². The highest BCUT2D eigenvalue weighted by molar-refractivity contribution is 7.89. The van der Waals surface area contributed by atoms with Crippen LogP contribution >= 0.6 is 11.6 Å². The number of amides is 1. The van der Waals surface area contributed by atoms with Gasteiger partial charge in [-0.05, 0) is 74.5 Å². The fourth-order valence-electron chi connectivity index (χ4n) is 3.35. The molecule has 2 N–H and O–H groups in total. The molecule has 2 aromatic carbocycles. The van der Waals surface area contributed by atoms with Crippen molar-refractivity contribution < 1.29 is 13.2 Å². The van der Waals surface area contributed by atoms with Gasteiger partial charge in [-0.15, -0.1) is 0 Å². The lowest BCUT2D eigenvalue weighted by Crippen LogP contribution is -2.27. The highest BCUT2D eigenvalue weighted by atomic mass is 35.5. The Morgan fingerprint density at radius 2 is 1.78 bits per heavy atom. The number of aryl methyl sites for hydroxylation is 2. The summed E-state index contributed by atoms with van der Waals surface area (Å²) in [7, 11) is -2.44. The van der Waals surface area contributed by atoms with Crippen molar-refractivity contribution in [1.29, 1.82) is 0 Å². The van der Waals surface area contributed by atoms with Gasteiger partial charge in [0.05, 0.1) is 11.1 Å². The molecule has 0 saturated heterocycles. The van der Waals surface area contributed by atoms with E-state index in [1.165, 1.54) is 49.2 Å². The number of fused-ring (bicyclic) bond motifs is 1. The minimum Gasteiger partial charge on any atom is -0.346 e. The number of hydrogen-bond acceptors (Lipinski definition) is 3. The standard InChI is InChI=1S/C20H23ClN2O3S/c1-13(15-8-7-14-5-3-4-6-16(14)11-15)23-20(24)17-9-10-18(21)19(12-17)27(25,26)22-2/h7-13,22H,3-6H2,1-2H3,(H,23,24)/t13-/m1/s1. The fraction of sp³-hybridized carbons (Fsp3) is 0.350. The largest absolute Gasteiger partial charge is 0.346 e. The molecule has 0 radical (unpaired) electrons. The smallest absolute Gasteiger partial charge is 0.251 e. The molecule has 3 rings (SSSR count). The van der Waals surface area contributed by atoms with Gasteiger partial charge in [-0.1, -0.05) is 29.8 Å². The summed E-state index contributed by atoms with van der Waals surface area (Å²) >= 11 is 5.98. The summed E-state index contributed by atoms with van der Waals surface area (Å²) in [6.45, 7) is 1.92. The average Bonchev–Trinajstić information content (AvgIpc) is 2.67. The van der Waals surface area contributed by atoms with Crippen molar-refractivity contribution in [1.82, 2.24) is 10.0 Å². The van der Waals surface area contributed by atoms with Gasteiger partial charge in [0, 0.05) is 5.56 Å². The predicted molar refractivity (Wildman–Crippen MR) is 107 cm³/mol. The Morgan fingerprint density at radius 3 is 2.48 bits per heavy atom. The number of hydrogen-bond donors (Lipinski definition) is 2. The molecule has 1 amide bonds. The van der Waals surface area contributed by atoms with Crippen LogP contribution in [0, 0.1) is 0 Å². The second-order valence-electron chi connectivity index (χ2n) is 6.78. The predicted octanol–water partition coefficient (Wildman–Crippen LogP) is 3.62. The zero-order chi connectivity index (χ0) is 19.6. The third-order valence-electron chi connectivity index (χ3n) is 4.97. The average molecular weight is 407 g/mol. The number of nitrogens with one attached hydrogen (secondary N) is 2. The summed E-state index contributed by atoms with van der Waals surface area (Å²) < 4.78 is 26.3. The molecule has 5 nitrogen and oxygen atoms in total. The molecule has 2 aromatic rings. The van der Waals surface area contributed by atoms with Gasteiger partial charge in [0.15, 0.2) is 0 Å². The van der Waals surface area contributed by atoms with Crippen molar-refractivity contribution in [2.75, 3.05) is 7.05 Å². The molecule has 0 unspecified atom stereocenters. The van der Waals surface area contributed by atoms with E-state index in [0.717, 1.165) is 18.4 Å². The van der Waals surface area contributed by atoms with Gasteiger partial charge in [0.25, 0.3) is 5.91 Å². The molecule has 1 aliphatic carbocycles. The van der Waals surface area contributed by atoms with E-state index in [0.29, 0.717) is 0 Å².